The monoisotopic (exact) mass is 292 g/mol. The smallest absolute Gasteiger partial charge is 0.220 e. The molecule has 0 saturated carbocycles. The number of amides is 1. The van der Waals surface area contributed by atoms with Crippen LogP contribution in [0.1, 0.15) is 46.5 Å². The highest BCUT2D eigenvalue weighted by atomic mass is 35.5. The fourth-order valence-corrected chi connectivity index (χ4v) is 2.51. The van der Waals surface area contributed by atoms with Crippen LogP contribution in [0, 0.1) is 11.8 Å². The fourth-order valence-electron chi connectivity index (χ4n) is 2.51. The summed E-state index contributed by atoms with van der Waals surface area (Å²) in [7, 11) is 0. The normalized spacial score (nSPS) is 24.7. The summed E-state index contributed by atoms with van der Waals surface area (Å²) in [4.78, 5) is 11.7. The molecular formula is C14H29ClN2O2. The lowest BCUT2D eigenvalue weighted by atomic mass is 9.87. The molecule has 3 unspecified atom stereocenters. The van der Waals surface area contributed by atoms with Crippen LogP contribution in [-0.2, 0) is 9.53 Å². The lowest BCUT2D eigenvalue weighted by molar-refractivity contribution is -0.122. The van der Waals surface area contributed by atoms with Gasteiger partial charge in [-0.3, -0.25) is 4.79 Å². The average molecular weight is 293 g/mol. The summed E-state index contributed by atoms with van der Waals surface area (Å²) in [6, 6.07) is 0.0946. The first-order valence-electron chi connectivity index (χ1n) is 7.14. The van der Waals surface area contributed by atoms with Crippen LogP contribution in [-0.4, -0.2) is 31.2 Å². The van der Waals surface area contributed by atoms with Crippen LogP contribution in [0.5, 0.6) is 0 Å². The second-order valence-corrected chi connectivity index (χ2v) is 5.80. The highest BCUT2D eigenvalue weighted by Gasteiger charge is 2.28. The quantitative estimate of drug-likeness (QED) is 0.788. The van der Waals surface area contributed by atoms with E-state index in [0.29, 0.717) is 18.3 Å². The third-order valence-electron chi connectivity index (χ3n) is 3.54. The first-order valence-corrected chi connectivity index (χ1v) is 7.14. The van der Waals surface area contributed by atoms with E-state index < -0.39 is 0 Å². The van der Waals surface area contributed by atoms with Crippen LogP contribution in [0.4, 0.5) is 0 Å². The fraction of sp³-hybridized carbons (Fsp3) is 0.929. The molecule has 0 aromatic heterocycles. The Balaban J connectivity index is 0.00000324. The minimum Gasteiger partial charge on any atom is -0.378 e. The molecule has 1 amide bonds. The Bertz CT molecular complexity index is 260. The Morgan fingerprint density at radius 1 is 1.42 bits per heavy atom. The van der Waals surface area contributed by atoms with Gasteiger partial charge in [-0.25, -0.2) is 0 Å². The number of carbonyl (C=O) groups is 1. The molecule has 1 rings (SSSR count). The van der Waals surface area contributed by atoms with Gasteiger partial charge in [-0.05, 0) is 32.1 Å². The van der Waals surface area contributed by atoms with Gasteiger partial charge in [0.25, 0.3) is 0 Å². The predicted octanol–water partition coefficient (Wildman–Crippen LogP) is 2.10. The van der Waals surface area contributed by atoms with E-state index in [1.807, 2.05) is 6.92 Å². The number of ether oxygens (including phenoxy) is 1. The topological polar surface area (TPSA) is 64.4 Å². The van der Waals surface area contributed by atoms with E-state index >= 15 is 0 Å². The maximum Gasteiger partial charge on any atom is 0.220 e. The van der Waals surface area contributed by atoms with Crippen LogP contribution in [0.3, 0.4) is 0 Å². The van der Waals surface area contributed by atoms with Gasteiger partial charge in [0.2, 0.25) is 5.91 Å². The van der Waals surface area contributed by atoms with Crippen molar-refractivity contribution in [1.82, 2.24) is 5.32 Å². The molecule has 4 nitrogen and oxygen atoms in total. The molecular weight excluding hydrogens is 264 g/mol. The summed E-state index contributed by atoms with van der Waals surface area (Å²) >= 11 is 0. The maximum atomic E-state index is 11.7. The van der Waals surface area contributed by atoms with Crippen molar-refractivity contribution in [3.05, 3.63) is 0 Å². The number of nitrogens with two attached hydrogens (primary N) is 1. The number of hydrogen-bond acceptors (Lipinski definition) is 3. The first-order chi connectivity index (χ1) is 8.50. The molecule has 0 bridgehead atoms. The molecule has 0 aromatic carbocycles. The van der Waals surface area contributed by atoms with Crippen LogP contribution in [0.15, 0.2) is 0 Å². The van der Waals surface area contributed by atoms with E-state index in [2.05, 4.69) is 19.2 Å². The predicted molar refractivity (Wildman–Crippen MR) is 80.4 cm³/mol. The van der Waals surface area contributed by atoms with Gasteiger partial charge in [-0.15, -0.1) is 12.4 Å². The molecule has 1 heterocycles. The number of carbonyl (C=O) groups excluding carboxylic acids is 1. The SMILES string of the molecule is CC(N)CCC(=O)NCC1CCCOC1C(C)C.Cl. The average Bonchev–Trinajstić information content (AvgIpc) is 2.34. The molecule has 19 heavy (non-hydrogen) atoms. The Hall–Kier alpha value is -0.320. The molecule has 0 radical (unpaired) electrons. The van der Waals surface area contributed by atoms with Crippen LogP contribution in [0.2, 0.25) is 0 Å². The van der Waals surface area contributed by atoms with Crippen molar-refractivity contribution in [2.45, 2.75) is 58.6 Å². The third kappa shape index (κ3) is 7.14. The van der Waals surface area contributed by atoms with Gasteiger partial charge < -0.3 is 15.8 Å². The molecule has 1 saturated heterocycles. The van der Waals surface area contributed by atoms with E-state index in [4.69, 9.17) is 10.5 Å². The van der Waals surface area contributed by atoms with Crippen molar-refractivity contribution in [3.8, 4) is 0 Å². The molecule has 1 fully saturated rings. The molecule has 0 aliphatic carbocycles. The Morgan fingerprint density at radius 3 is 2.68 bits per heavy atom. The minimum absolute atomic E-state index is 0. The Labute approximate surface area is 123 Å². The Kier molecular flexibility index (Phi) is 9.40. The molecule has 114 valence electrons. The van der Waals surface area contributed by atoms with Gasteiger partial charge in [0.15, 0.2) is 0 Å². The molecule has 1 aliphatic rings. The van der Waals surface area contributed by atoms with Gasteiger partial charge >= 0.3 is 0 Å². The van der Waals surface area contributed by atoms with Crippen LogP contribution in [0.25, 0.3) is 0 Å². The zero-order valence-electron chi connectivity index (χ0n) is 12.4. The summed E-state index contributed by atoms with van der Waals surface area (Å²) in [5, 5.41) is 3.02. The second-order valence-electron chi connectivity index (χ2n) is 5.80. The van der Waals surface area contributed by atoms with Gasteiger partial charge in [0.05, 0.1) is 6.10 Å². The minimum atomic E-state index is 0. The van der Waals surface area contributed by atoms with E-state index in [0.717, 1.165) is 32.4 Å². The second kappa shape index (κ2) is 9.56. The van der Waals surface area contributed by atoms with Crippen molar-refractivity contribution in [3.63, 3.8) is 0 Å². The van der Waals surface area contributed by atoms with Crippen LogP contribution >= 0.6 is 12.4 Å². The molecule has 3 N–H and O–H groups in total. The molecule has 3 atom stereocenters. The van der Waals surface area contributed by atoms with Crippen molar-refractivity contribution in [2.75, 3.05) is 13.2 Å². The van der Waals surface area contributed by atoms with Gasteiger partial charge in [0.1, 0.15) is 0 Å². The van der Waals surface area contributed by atoms with E-state index in [1.54, 1.807) is 0 Å². The highest BCUT2D eigenvalue weighted by Crippen LogP contribution is 2.25. The van der Waals surface area contributed by atoms with Crippen LogP contribution < -0.4 is 11.1 Å². The number of halogens is 1. The summed E-state index contributed by atoms with van der Waals surface area (Å²) < 4.78 is 5.81. The van der Waals surface area contributed by atoms with Gasteiger partial charge in [-0.2, -0.15) is 0 Å². The van der Waals surface area contributed by atoms with E-state index in [1.165, 1.54) is 0 Å². The number of rotatable bonds is 6. The van der Waals surface area contributed by atoms with Gasteiger partial charge in [0, 0.05) is 31.5 Å². The van der Waals surface area contributed by atoms with E-state index in [9.17, 15) is 4.79 Å². The number of hydrogen-bond donors (Lipinski definition) is 2. The molecule has 0 spiro atoms. The number of nitrogens with one attached hydrogen (secondary N) is 1. The Morgan fingerprint density at radius 2 is 2.11 bits per heavy atom. The summed E-state index contributed by atoms with van der Waals surface area (Å²) in [6.07, 6.45) is 3.81. The molecule has 1 aliphatic heterocycles. The zero-order valence-corrected chi connectivity index (χ0v) is 13.2. The van der Waals surface area contributed by atoms with Crippen molar-refractivity contribution < 1.29 is 9.53 Å². The van der Waals surface area contributed by atoms with Crippen molar-refractivity contribution in [1.29, 1.82) is 0 Å². The lowest BCUT2D eigenvalue weighted by Crippen LogP contribution is -2.41. The van der Waals surface area contributed by atoms with Crippen molar-refractivity contribution in [2.24, 2.45) is 17.6 Å². The summed E-state index contributed by atoms with van der Waals surface area (Å²) in [5.41, 5.74) is 5.64. The lowest BCUT2D eigenvalue weighted by Gasteiger charge is -2.34. The van der Waals surface area contributed by atoms with Crippen molar-refractivity contribution >= 4 is 18.3 Å². The summed E-state index contributed by atoms with van der Waals surface area (Å²) in [5.74, 6) is 1.08. The highest BCUT2D eigenvalue weighted by molar-refractivity contribution is 5.85. The van der Waals surface area contributed by atoms with E-state index in [-0.39, 0.29) is 30.5 Å². The molecule has 5 heteroatoms. The zero-order chi connectivity index (χ0) is 13.5. The standard InChI is InChI=1S/C14H28N2O2.ClH/c1-10(2)14-12(5-4-8-18-14)9-16-13(17)7-6-11(3)15;/h10-12,14H,4-9,15H2,1-3H3,(H,16,17);1H. The van der Waals surface area contributed by atoms with Gasteiger partial charge in [-0.1, -0.05) is 13.8 Å². The summed E-state index contributed by atoms with van der Waals surface area (Å²) in [6.45, 7) is 7.89. The largest absolute Gasteiger partial charge is 0.378 e. The maximum absolute atomic E-state index is 11.7. The third-order valence-corrected chi connectivity index (χ3v) is 3.54. The molecule has 0 aromatic rings. The first kappa shape index (κ1) is 18.7.